The Morgan fingerprint density at radius 3 is 2.09 bits per heavy atom. The summed E-state index contributed by atoms with van der Waals surface area (Å²) in [6.07, 6.45) is -11.0. The Hall–Kier alpha value is -3.02. The molecule has 5 N–H and O–H groups in total. The average molecular weight is 496 g/mol. The van der Waals surface area contributed by atoms with E-state index < -0.39 is 39.6 Å². The number of nitrogens with one attached hydrogen (secondary N) is 2. The molecule has 2 aromatic rings. The fourth-order valence-electron chi connectivity index (χ4n) is 2.64. The third kappa shape index (κ3) is 5.86. The largest absolute Gasteiger partial charge is 0.430 e. The van der Waals surface area contributed by atoms with Gasteiger partial charge in [0, 0.05) is 24.0 Å². The lowest BCUT2D eigenvalue weighted by Gasteiger charge is -2.32. The van der Waals surface area contributed by atoms with E-state index in [1.54, 1.807) is 0 Å². The highest BCUT2D eigenvalue weighted by Gasteiger charge is 2.71. The van der Waals surface area contributed by atoms with Gasteiger partial charge in [0.2, 0.25) is 10.0 Å². The zero-order valence-corrected chi connectivity index (χ0v) is 17.6. The molecule has 0 aliphatic heterocycles. The quantitative estimate of drug-likeness (QED) is 0.346. The molecule has 0 bridgehead atoms. The number of pyridine rings is 1. The highest BCUT2D eigenvalue weighted by atomic mass is 32.2. The summed E-state index contributed by atoms with van der Waals surface area (Å²) in [5.74, 6) is 5.27. The molecule has 1 heterocycles. The minimum atomic E-state index is -6.01. The number of benzene rings is 1. The van der Waals surface area contributed by atoms with E-state index in [0.717, 1.165) is 18.3 Å². The number of halogens is 6. The highest BCUT2D eigenvalue weighted by Crippen LogP contribution is 2.50. The van der Waals surface area contributed by atoms with Crippen LogP contribution in [0.15, 0.2) is 47.5 Å². The second kappa shape index (κ2) is 9.46. The van der Waals surface area contributed by atoms with Crippen molar-refractivity contribution < 1.29 is 39.9 Å². The molecule has 0 saturated heterocycles. The van der Waals surface area contributed by atoms with Crippen LogP contribution in [0.2, 0.25) is 0 Å². The molecule has 1 unspecified atom stereocenters. The fourth-order valence-corrected chi connectivity index (χ4v) is 3.63. The molecule has 0 radical (unpaired) electrons. The molecule has 2 rings (SSSR count). The van der Waals surface area contributed by atoms with Gasteiger partial charge in [0.25, 0.3) is 5.60 Å². The van der Waals surface area contributed by atoms with Crippen molar-refractivity contribution in [2.45, 2.75) is 35.8 Å². The first-order valence-electron chi connectivity index (χ1n) is 8.98. The molecular weight excluding hydrogens is 478 g/mol. The highest BCUT2D eigenvalue weighted by molar-refractivity contribution is 7.89. The van der Waals surface area contributed by atoms with Crippen LogP contribution < -0.4 is 15.8 Å². The second-order valence-corrected chi connectivity index (χ2v) is 8.41. The van der Waals surface area contributed by atoms with E-state index in [1.165, 1.54) is 19.1 Å². The zero-order valence-electron chi connectivity index (χ0n) is 16.8. The maximum atomic E-state index is 13.0. The number of aromatic nitrogens is 1. The van der Waals surface area contributed by atoms with E-state index in [-0.39, 0.29) is 22.9 Å². The SMILES string of the molecule is CC#CC(CNS(=O)(=O)c1ccc(N)nc1)Nc1ccc(C(O)(C(F)(F)F)C(F)(F)F)cc1. The van der Waals surface area contributed by atoms with Gasteiger partial charge in [-0.05, 0) is 31.2 Å². The molecule has 1 aromatic heterocycles. The number of sulfonamides is 1. The van der Waals surface area contributed by atoms with Crippen LogP contribution in [0, 0.1) is 11.8 Å². The molecule has 1 atom stereocenters. The number of hydrogen-bond donors (Lipinski definition) is 4. The van der Waals surface area contributed by atoms with Crippen molar-refractivity contribution in [2.24, 2.45) is 0 Å². The van der Waals surface area contributed by atoms with Crippen LogP contribution in [-0.2, 0) is 15.6 Å². The van der Waals surface area contributed by atoms with E-state index >= 15 is 0 Å². The first-order chi connectivity index (χ1) is 15.1. The summed E-state index contributed by atoms with van der Waals surface area (Å²) in [6.45, 7) is 1.15. The number of rotatable bonds is 7. The van der Waals surface area contributed by atoms with Crippen LogP contribution in [0.5, 0.6) is 0 Å². The van der Waals surface area contributed by atoms with Crippen molar-refractivity contribution in [3.05, 3.63) is 48.2 Å². The molecule has 0 aliphatic carbocycles. The van der Waals surface area contributed by atoms with E-state index in [2.05, 4.69) is 26.9 Å². The average Bonchev–Trinajstić information content (AvgIpc) is 2.71. The van der Waals surface area contributed by atoms with Crippen molar-refractivity contribution in [1.29, 1.82) is 0 Å². The van der Waals surface area contributed by atoms with E-state index in [1.807, 2.05) is 0 Å². The molecule has 0 spiro atoms. The van der Waals surface area contributed by atoms with E-state index in [0.29, 0.717) is 12.1 Å². The van der Waals surface area contributed by atoms with Gasteiger partial charge in [0.05, 0.1) is 0 Å². The van der Waals surface area contributed by atoms with Gasteiger partial charge in [-0.3, -0.25) is 0 Å². The Morgan fingerprint density at radius 1 is 1.06 bits per heavy atom. The van der Waals surface area contributed by atoms with Gasteiger partial charge in [-0.1, -0.05) is 18.1 Å². The van der Waals surface area contributed by atoms with Crippen molar-refractivity contribution in [3.8, 4) is 11.8 Å². The summed E-state index contributed by atoms with van der Waals surface area (Å²) < 4.78 is 105. The number of hydrogen-bond acceptors (Lipinski definition) is 6. The summed E-state index contributed by atoms with van der Waals surface area (Å²) in [7, 11) is -4.00. The second-order valence-electron chi connectivity index (χ2n) is 6.65. The fraction of sp³-hybridized carbons (Fsp3) is 0.316. The predicted molar refractivity (Wildman–Crippen MR) is 107 cm³/mol. The van der Waals surface area contributed by atoms with Gasteiger partial charge in [-0.2, -0.15) is 26.3 Å². The van der Waals surface area contributed by atoms with Crippen LogP contribution in [0.1, 0.15) is 12.5 Å². The Labute approximate surface area is 185 Å². The standard InChI is InChI=1S/C19H18F6N4O3S/c1-2-3-14(10-28-33(31,32)15-8-9-16(26)27-11-15)29-13-6-4-12(5-7-13)17(30,18(20,21)22)19(23,24)25/h4-9,11,14,28-30H,10H2,1H3,(H2,26,27). The lowest BCUT2D eigenvalue weighted by molar-refractivity contribution is -0.376. The molecular formula is C19H18F6N4O3S. The smallest absolute Gasteiger partial charge is 0.384 e. The summed E-state index contributed by atoms with van der Waals surface area (Å²) >= 11 is 0. The zero-order chi connectivity index (χ0) is 25.1. The van der Waals surface area contributed by atoms with Crippen LogP contribution in [0.3, 0.4) is 0 Å². The molecule has 14 heteroatoms. The summed E-state index contributed by atoms with van der Waals surface area (Å²) in [6, 6.07) is 4.27. The van der Waals surface area contributed by atoms with Gasteiger partial charge < -0.3 is 16.2 Å². The van der Waals surface area contributed by atoms with Crippen LogP contribution in [0.25, 0.3) is 0 Å². The number of alkyl halides is 6. The first-order valence-corrected chi connectivity index (χ1v) is 10.5. The lowest BCUT2D eigenvalue weighted by atomic mass is 9.92. The summed E-state index contributed by atoms with van der Waals surface area (Å²) in [4.78, 5) is 3.50. The Bertz CT molecular complexity index is 1110. The molecule has 1 aromatic carbocycles. The third-order valence-corrected chi connectivity index (χ3v) is 5.74. The summed E-state index contributed by atoms with van der Waals surface area (Å²) in [5, 5.41) is 12.1. The van der Waals surface area contributed by atoms with E-state index in [4.69, 9.17) is 5.73 Å². The minimum Gasteiger partial charge on any atom is -0.384 e. The molecule has 7 nitrogen and oxygen atoms in total. The normalized spacial score (nSPS) is 13.7. The third-order valence-electron chi connectivity index (χ3n) is 4.33. The number of anilines is 2. The summed E-state index contributed by atoms with van der Waals surface area (Å²) in [5.41, 5.74) is -1.04. The number of nitrogens with zero attached hydrogens (tertiary/aromatic N) is 1. The molecule has 0 fully saturated rings. The topological polar surface area (TPSA) is 117 Å². The maximum Gasteiger partial charge on any atom is 0.430 e. The van der Waals surface area contributed by atoms with Gasteiger partial charge in [-0.15, -0.1) is 5.92 Å². The first kappa shape index (κ1) is 26.2. The maximum absolute atomic E-state index is 13.0. The van der Waals surface area contributed by atoms with Crippen LogP contribution >= 0.6 is 0 Å². The number of nitrogens with two attached hydrogens (primary N) is 1. The van der Waals surface area contributed by atoms with Gasteiger partial charge in [-0.25, -0.2) is 18.1 Å². The van der Waals surface area contributed by atoms with E-state index in [9.17, 15) is 39.9 Å². The number of aliphatic hydroxyl groups is 1. The van der Waals surface area contributed by atoms with Crippen molar-refractivity contribution in [1.82, 2.24) is 9.71 Å². The van der Waals surface area contributed by atoms with Crippen LogP contribution in [0.4, 0.5) is 37.8 Å². The molecule has 0 saturated carbocycles. The Balaban J connectivity index is 2.20. The van der Waals surface area contributed by atoms with Gasteiger partial charge in [0.15, 0.2) is 0 Å². The molecule has 0 aliphatic rings. The lowest BCUT2D eigenvalue weighted by Crippen LogP contribution is -2.53. The van der Waals surface area contributed by atoms with Gasteiger partial charge in [0.1, 0.15) is 16.8 Å². The predicted octanol–water partition coefficient (Wildman–Crippen LogP) is 2.76. The van der Waals surface area contributed by atoms with Crippen molar-refractivity contribution in [3.63, 3.8) is 0 Å². The van der Waals surface area contributed by atoms with Crippen LogP contribution in [-0.4, -0.2) is 43.4 Å². The molecule has 180 valence electrons. The van der Waals surface area contributed by atoms with Crippen molar-refractivity contribution >= 4 is 21.5 Å². The Kier molecular flexibility index (Phi) is 7.52. The monoisotopic (exact) mass is 496 g/mol. The molecule has 0 amide bonds. The van der Waals surface area contributed by atoms with Crippen molar-refractivity contribution in [2.75, 3.05) is 17.6 Å². The Morgan fingerprint density at radius 2 is 1.64 bits per heavy atom. The molecule has 33 heavy (non-hydrogen) atoms. The number of nitrogen functional groups attached to an aromatic ring is 1. The minimum absolute atomic E-state index is 0.0338. The van der Waals surface area contributed by atoms with Gasteiger partial charge >= 0.3 is 12.4 Å².